The number of hydrogen-bond acceptors (Lipinski definition) is 5. The van der Waals surface area contributed by atoms with Crippen molar-refractivity contribution in [1.29, 1.82) is 0 Å². The van der Waals surface area contributed by atoms with E-state index in [0.29, 0.717) is 5.89 Å². The number of rotatable bonds is 2. The fourth-order valence-corrected chi connectivity index (χ4v) is 7.35. The summed E-state index contributed by atoms with van der Waals surface area (Å²) in [7, 11) is 0. The van der Waals surface area contributed by atoms with Crippen molar-refractivity contribution in [2.75, 3.05) is 5.32 Å². The number of para-hydroxylation sites is 4. The fourth-order valence-electron chi connectivity index (χ4n) is 7.35. The van der Waals surface area contributed by atoms with E-state index in [-0.39, 0.29) is 6.23 Å². The number of nitrogens with zero attached hydrogens (tertiary/aromatic N) is 1. The van der Waals surface area contributed by atoms with Gasteiger partial charge in [-0.3, -0.25) is 0 Å². The highest BCUT2D eigenvalue weighted by molar-refractivity contribution is 5.89. The van der Waals surface area contributed by atoms with Gasteiger partial charge in [0.05, 0.1) is 11.1 Å². The Morgan fingerprint density at radius 1 is 0.591 bits per heavy atom. The highest BCUT2D eigenvalue weighted by Crippen LogP contribution is 2.62. The lowest BCUT2D eigenvalue weighted by atomic mass is 9.65. The van der Waals surface area contributed by atoms with E-state index in [0.717, 1.165) is 56.3 Å². The van der Waals surface area contributed by atoms with E-state index in [9.17, 15) is 0 Å². The van der Waals surface area contributed by atoms with Gasteiger partial charge in [-0.15, -0.1) is 0 Å². The lowest BCUT2D eigenvalue weighted by Crippen LogP contribution is -2.32. The van der Waals surface area contributed by atoms with E-state index < -0.39 is 5.41 Å². The first kappa shape index (κ1) is 23.7. The number of aromatic nitrogens is 1. The van der Waals surface area contributed by atoms with Crippen LogP contribution in [0.3, 0.4) is 0 Å². The molecular weight excluding hydrogens is 544 g/mol. The van der Waals surface area contributed by atoms with E-state index in [1.54, 1.807) is 0 Å². The Balaban J connectivity index is 1.24. The van der Waals surface area contributed by atoms with Gasteiger partial charge >= 0.3 is 0 Å². The molecule has 0 bridgehead atoms. The molecule has 1 unspecified atom stereocenters. The largest absolute Gasteiger partial charge is 0.464 e. The summed E-state index contributed by atoms with van der Waals surface area (Å²) in [5.41, 5.74) is 10.9. The van der Waals surface area contributed by atoms with Crippen molar-refractivity contribution >= 4 is 16.8 Å². The Bertz CT molecular complexity index is 2200. The van der Waals surface area contributed by atoms with E-state index in [4.69, 9.17) is 18.9 Å². The van der Waals surface area contributed by atoms with Gasteiger partial charge in [-0.2, -0.15) is 0 Å². The average molecular weight is 569 g/mol. The zero-order chi connectivity index (χ0) is 28.8. The minimum Gasteiger partial charge on any atom is -0.464 e. The van der Waals surface area contributed by atoms with Crippen LogP contribution in [0.5, 0.6) is 17.2 Å². The van der Waals surface area contributed by atoms with Crippen LogP contribution in [0.25, 0.3) is 33.7 Å². The molecule has 0 fully saturated rings. The molecule has 0 amide bonds. The summed E-state index contributed by atoms with van der Waals surface area (Å²) >= 11 is 0. The van der Waals surface area contributed by atoms with Crippen molar-refractivity contribution in [1.82, 2.24) is 4.98 Å². The Kier molecular flexibility index (Phi) is 4.64. The van der Waals surface area contributed by atoms with Crippen molar-refractivity contribution in [2.24, 2.45) is 0 Å². The lowest BCUT2D eigenvalue weighted by molar-refractivity contribution is 0.259. The molecule has 1 N–H and O–H groups in total. The second-order valence-electron chi connectivity index (χ2n) is 11.5. The molecule has 10 rings (SSSR count). The van der Waals surface area contributed by atoms with Crippen LogP contribution in [0.15, 0.2) is 138 Å². The van der Waals surface area contributed by atoms with Crippen molar-refractivity contribution in [2.45, 2.75) is 11.6 Å². The molecule has 3 aliphatic rings. The molecule has 1 atom stereocenters. The number of ether oxygens (including phenoxy) is 2. The predicted octanol–water partition coefficient (Wildman–Crippen LogP) is 9.47. The zero-order valence-electron chi connectivity index (χ0n) is 23.5. The first-order valence-corrected chi connectivity index (χ1v) is 14.8. The number of hydrogen-bond donors (Lipinski definition) is 1. The van der Waals surface area contributed by atoms with Gasteiger partial charge in [-0.25, -0.2) is 4.98 Å². The van der Waals surface area contributed by atoms with E-state index in [2.05, 4.69) is 84.2 Å². The molecule has 0 saturated carbocycles. The van der Waals surface area contributed by atoms with Crippen molar-refractivity contribution in [3.63, 3.8) is 0 Å². The first-order valence-electron chi connectivity index (χ1n) is 14.8. The molecule has 3 heterocycles. The average Bonchev–Trinajstić information content (AvgIpc) is 3.79. The maximum atomic E-state index is 6.71. The SMILES string of the molecule is c1ccc2c(c1)NC(c1ccc3c(c1)C1(c4cc(-c5nc6ccccc6o5)ccc4O3)c3ccccc3-c3ccccc31)O2. The van der Waals surface area contributed by atoms with Crippen LogP contribution in [0.2, 0.25) is 0 Å². The summed E-state index contributed by atoms with van der Waals surface area (Å²) in [4.78, 5) is 4.83. The second kappa shape index (κ2) is 8.62. The normalized spacial score (nSPS) is 16.2. The van der Waals surface area contributed by atoms with E-state index in [1.165, 1.54) is 22.3 Å². The zero-order valence-corrected chi connectivity index (χ0v) is 23.5. The number of benzene rings is 6. The Morgan fingerprint density at radius 3 is 2.07 bits per heavy atom. The Morgan fingerprint density at radius 2 is 1.27 bits per heavy atom. The molecule has 5 heteroatoms. The molecule has 6 aromatic carbocycles. The summed E-state index contributed by atoms with van der Waals surface area (Å²) in [6, 6.07) is 46.1. The van der Waals surface area contributed by atoms with Gasteiger partial charge in [0.25, 0.3) is 0 Å². The molecule has 44 heavy (non-hydrogen) atoms. The summed E-state index contributed by atoms with van der Waals surface area (Å²) in [6.45, 7) is 0. The Labute approximate surface area is 253 Å². The van der Waals surface area contributed by atoms with Crippen molar-refractivity contribution in [3.8, 4) is 39.8 Å². The monoisotopic (exact) mass is 568 g/mol. The number of nitrogens with one attached hydrogen (secondary N) is 1. The third-order valence-electron chi connectivity index (χ3n) is 9.23. The second-order valence-corrected chi connectivity index (χ2v) is 11.5. The smallest absolute Gasteiger partial charge is 0.227 e. The molecule has 7 aromatic rings. The molecule has 0 saturated heterocycles. The van der Waals surface area contributed by atoms with Gasteiger partial charge < -0.3 is 19.2 Å². The van der Waals surface area contributed by atoms with Crippen LogP contribution in [-0.4, -0.2) is 4.98 Å². The van der Waals surface area contributed by atoms with Gasteiger partial charge in [0.1, 0.15) is 22.8 Å². The molecule has 2 aliphatic heterocycles. The van der Waals surface area contributed by atoms with Gasteiger partial charge in [0, 0.05) is 22.3 Å². The van der Waals surface area contributed by atoms with Crippen LogP contribution in [0, 0.1) is 0 Å². The molecule has 1 aliphatic carbocycles. The highest BCUT2D eigenvalue weighted by atomic mass is 16.5. The first-order chi connectivity index (χ1) is 21.8. The lowest BCUT2D eigenvalue weighted by Gasteiger charge is -2.40. The molecule has 1 spiro atoms. The van der Waals surface area contributed by atoms with E-state index in [1.807, 2.05) is 54.6 Å². The van der Waals surface area contributed by atoms with Crippen LogP contribution in [-0.2, 0) is 5.41 Å². The molecule has 1 aromatic heterocycles. The molecular formula is C39H24N2O3. The minimum atomic E-state index is -0.625. The highest BCUT2D eigenvalue weighted by Gasteiger charge is 2.51. The summed E-state index contributed by atoms with van der Waals surface area (Å²) in [6.07, 6.45) is -0.311. The minimum absolute atomic E-state index is 0.311. The summed E-state index contributed by atoms with van der Waals surface area (Å²) < 4.78 is 19.3. The number of fused-ring (bicyclic) bond motifs is 11. The predicted molar refractivity (Wildman–Crippen MR) is 170 cm³/mol. The standard InChI is InChI=1S/C39H24N2O3/c1-3-11-27-25(9-1)26-10-2-4-12-28(26)39(27)29-21-23(37-40-31-13-5-7-15-35(31)43-37)17-19-33(29)42-34-20-18-24(22-30(34)39)38-41-32-14-6-8-16-36(32)44-38/h1-22,37,40H. The third-order valence-corrected chi connectivity index (χ3v) is 9.23. The number of anilines is 1. The maximum absolute atomic E-state index is 6.71. The summed E-state index contributed by atoms with van der Waals surface area (Å²) in [5.74, 6) is 3.09. The number of oxazole rings is 1. The van der Waals surface area contributed by atoms with Crippen molar-refractivity contribution < 1.29 is 13.9 Å². The maximum Gasteiger partial charge on any atom is 0.227 e. The Hall–Kier alpha value is -5.81. The topological polar surface area (TPSA) is 56.5 Å². The van der Waals surface area contributed by atoms with Gasteiger partial charge in [-0.1, -0.05) is 72.8 Å². The van der Waals surface area contributed by atoms with Gasteiger partial charge in [0.2, 0.25) is 5.89 Å². The van der Waals surface area contributed by atoms with Gasteiger partial charge in [-0.05, 0) is 82.9 Å². The third kappa shape index (κ3) is 3.10. The van der Waals surface area contributed by atoms with Crippen LogP contribution in [0.1, 0.15) is 34.0 Å². The van der Waals surface area contributed by atoms with Gasteiger partial charge in [0.15, 0.2) is 11.8 Å². The fraction of sp³-hybridized carbons (Fsp3) is 0.0513. The van der Waals surface area contributed by atoms with Crippen LogP contribution >= 0.6 is 0 Å². The van der Waals surface area contributed by atoms with Crippen LogP contribution < -0.4 is 14.8 Å². The summed E-state index contributed by atoms with van der Waals surface area (Å²) in [5, 5.41) is 3.55. The van der Waals surface area contributed by atoms with Crippen LogP contribution in [0.4, 0.5) is 5.69 Å². The molecule has 208 valence electrons. The quantitative estimate of drug-likeness (QED) is 0.225. The van der Waals surface area contributed by atoms with Crippen molar-refractivity contribution in [3.05, 3.63) is 161 Å². The molecule has 0 radical (unpaired) electrons. The van der Waals surface area contributed by atoms with E-state index >= 15 is 0 Å². The molecule has 5 nitrogen and oxygen atoms in total.